The maximum Gasteiger partial charge on any atom is 0.310 e. The molecule has 2 aromatic carbocycles. The van der Waals surface area contributed by atoms with Gasteiger partial charge in [0.15, 0.2) is 18.1 Å². The summed E-state index contributed by atoms with van der Waals surface area (Å²) in [5.41, 5.74) is 0.581. The van der Waals surface area contributed by atoms with Crippen LogP contribution in [-0.2, 0) is 20.7 Å². The molecule has 27 heavy (non-hydrogen) atoms. The van der Waals surface area contributed by atoms with Crippen LogP contribution in [0.15, 0.2) is 42.5 Å². The Balaban J connectivity index is 1.39. The van der Waals surface area contributed by atoms with E-state index < -0.39 is 11.9 Å². The van der Waals surface area contributed by atoms with Gasteiger partial charge in [-0.05, 0) is 29.8 Å². The number of carbonyl (C=O) groups is 2. The smallest absolute Gasteiger partial charge is 0.310 e. The highest BCUT2D eigenvalue weighted by molar-refractivity contribution is 6.35. The molecule has 1 N–H and O–H groups in total. The summed E-state index contributed by atoms with van der Waals surface area (Å²) < 4.78 is 16.3. The van der Waals surface area contributed by atoms with Crippen molar-refractivity contribution < 1.29 is 23.8 Å². The molecule has 8 heteroatoms. The van der Waals surface area contributed by atoms with Gasteiger partial charge in [0.25, 0.3) is 5.91 Å². The van der Waals surface area contributed by atoms with Gasteiger partial charge in [0.2, 0.25) is 0 Å². The van der Waals surface area contributed by atoms with Crippen LogP contribution in [0.25, 0.3) is 0 Å². The van der Waals surface area contributed by atoms with E-state index in [-0.39, 0.29) is 25.7 Å². The molecular weight excluding hydrogens is 393 g/mol. The summed E-state index contributed by atoms with van der Waals surface area (Å²) in [6, 6.07) is 12.1. The fraction of sp³-hybridized carbons (Fsp3) is 0.263. The van der Waals surface area contributed by atoms with Gasteiger partial charge in [0.1, 0.15) is 12.7 Å². The van der Waals surface area contributed by atoms with Crippen molar-refractivity contribution in [3.63, 3.8) is 0 Å². The molecule has 0 spiro atoms. The van der Waals surface area contributed by atoms with Gasteiger partial charge >= 0.3 is 5.97 Å². The maximum atomic E-state index is 11.9. The van der Waals surface area contributed by atoms with Crippen molar-refractivity contribution in [2.45, 2.75) is 12.5 Å². The monoisotopic (exact) mass is 409 g/mol. The summed E-state index contributed by atoms with van der Waals surface area (Å²) in [4.78, 5) is 23.7. The summed E-state index contributed by atoms with van der Waals surface area (Å²) in [6.45, 7) is 0.189. The Bertz CT molecular complexity index is 843. The molecular formula is C19H17Cl2NO5. The first-order valence-corrected chi connectivity index (χ1v) is 9.01. The van der Waals surface area contributed by atoms with Gasteiger partial charge in [0, 0.05) is 10.0 Å². The number of rotatable bonds is 6. The van der Waals surface area contributed by atoms with E-state index in [0.29, 0.717) is 33.7 Å². The normalized spacial score (nSPS) is 15.1. The number of ether oxygens (including phenoxy) is 3. The van der Waals surface area contributed by atoms with E-state index in [1.54, 1.807) is 24.3 Å². The molecule has 0 saturated heterocycles. The highest BCUT2D eigenvalue weighted by Crippen LogP contribution is 2.30. The standard InChI is InChI=1S/C19H17Cl2NO5/c20-13-6-5-12(15(21)8-13)7-19(24)26-11-18(23)22-9-14-10-25-16-3-1-2-4-17(16)27-14/h1-6,8,14H,7,9-11H2,(H,22,23)/t14-/m0/s1. The van der Waals surface area contributed by atoms with Crippen LogP contribution in [0.3, 0.4) is 0 Å². The number of nitrogens with one attached hydrogen (secondary N) is 1. The first-order valence-electron chi connectivity index (χ1n) is 8.26. The fourth-order valence-corrected chi connectivity index (χ4v) is 2.94. The van der Waals surface area contributed by atoms with Crippen LogP contribution in [0, 0.1) is 0 Å². The topological polar surface area (TPSA) is 73.9 Å². The lowest BCUT2D eigenvalue weighted by Crippen LogP contribution is -2.42. The highest BCUT2D eigenvalue weighted by Gasteiger charge is 2.21. The van der Waals surface area contributed by atoms with Gasteiger partial charge in [-0.25, -0.2) is 0 Å². The lowest BCUT2D eigenvalue weighted by molar-refractivity contribution is -0.148. The Labute approximate surface area is 166 Å². The van der Waals surface area contributed by atoms with Crippen LogP contribution in [-0.4, -0.2) is 37.7 Å². The summed E-state index contributed by atoms with van der Waals surface area (Å²) in [5.74, 6) is 0.331. The molecule has 1 aliphatic rings. The van der Waals surface area contributed by atoms with E-state index in [4.69, 9.17) is 37.4 Å². The van der Waals surface area contributed by atoms with Crippen LogP contribution < -0.4 is 14.8 Å². The third-order valence-corrected chi connectivity index (χ3v) is 4.40. The van der Waals surface area contributed by atoms with Gasteiger partial charge in [-0.15, -0.1) is 0 Å². The van der Waals surface area contributed by atoms with Crippen molar-refractivity contribution in [3.8, 4) is 11.5 Å². The van der Waals surface area contributed by atoms with E-state index in [1.807, 2.05) is 18.2 Å². The number of para-hydroxylation sites is 2. The zero-order chi connectivity index (χ0) is 19.2. The third kappa shape index (κ3) is 5.52. The minimum Gasteiger partial charge on any atom is -0.486 e. The Morgan fingerprint density at radius 1 is 1.15 bits per heavy atom. The largest absolute Gasteiger partial charge is 0.486 e. The number of benzene rings is 2. The molecule has 0 radical (unpaired) electrons. The number of esters is 1. The molecule has 1 aliphatic heterocycles. The highest BCUT2D eigenvalue weighted by atomic mass is 35.5. The first kappa shape index (κ1) is 19.3. The number of hydrogen-bond donors (Lipinski definition) is 1. The predicted octanol–water partition coefficient (Wildman–Crippen LogP) is 3.04. The van der Waals surface area contributed by atoms with Crippen molar-refractivity contribution in [2.75, 3.05) is 19.8 Å². The van der Waals surface area contributed by atoms with Crippen LogP contribution in [0.1, 0.15) is 5.56 Å². The van der Waals surface area contributed by atoms with E-state index >= 15 is 0 Å². The van der Waals surface area contributed by atoms with Gasteiger partial charge in [-0.1, -0.05) is 41.4 Å². The first-order chi connectivity index (χ1) is 13.0. The number of amides is 1. The molecule has 0 fully saturated rings. The minimum atomic E-state index is -0.555. The molecule has 142 valence electrons. The van der Waals surface area contributed by atoms with Crippen molar-refractivity contribution in [1.82, 2.24) is 5.32 Å². The quantitative estimate of drug-likeness (QED) is 0.742. The van der Waals surface area contributed by atoms with E-state index in [1.165, 1.54) is 0 Å². The molecule has 6 nitrogen and oxygen atoms in total. The van der Waals surface area contributed by atoms with Gasteiger partial charge < -0.3 is 19.5 Å². The summed E-state index contributed by atoms with van der Waals surface area (Å²) in [6.07, 6.45) is -0.355. The SMILES string of the molecule is O=C(COC(=O)Cc1ccc(Cl)cc1Cl)NC[C@H]1COc2ccccc2O1. The number of carbonyl (C=O) groups excluding carboxylic acids is 2. The van der Waals surface area contributed by atoms with Crippen molar-refractivity contribution in [2.24, 2.45) is 0 Å². The van der Waals surface area contributed by atoms with E-state index in [0.717, 1.165) is 0 Å². The van der Waals surface area contributed by atoms with Crippen LogP contribution in [0.2, 0.25) is 10.0 Å². The van der Waals surface area contributed by atoms with Crippen molar-refractivity contribution in [1.29, 1.82) is 0 Å². The van der Waals surface area contributed by atoms with Crippen LogP contribution >= 0.6 is 23.2 Å². The number of hydrogen-bond acceptors (Lipinski definition) is 5. The lowest BCUT2D eigenvalue weighted by Gasteiger charge is -2.26. The van der Waals surface area contributed by atoms with E-state index in [9.17, 15) is 9.59 Å². The van der Waals surface area contributed by atoms with E-state index in [2.05, 4.69) is 5.32 Å². The molecule has 1 amide bonds. The molecule has 0 saturated carbocycles. The summed E-state index contributed by atoms with van der Waals surface area (Å²) in [5, 5.41) is 3.51. The fourth-order valence-electron chi connectivity index (χ4n) is 2.46. The molecule has 0 aliphatic carbocycles. The molecule has 1 atom stereocenters. The molecule has 0 unspecified atom stereocenters. The Hall–Kier alpha value is -2.44. The Kier molecular flexibility index (Phi) is 6.42. The number of fused-ring (bicyclic) bond motifs is 1. The molecule has 1 heterocycles. The molecule has 2 aromatic rings. The molecule has 3 rings (SSSR count). The second-order valence-corrected chi connectivity index (χ2v) is 6.72. The summed E-state index contributed by atoms with van der Waals surface area (Å²) >= 11 is 11.8. The van der Waals surface area contributed by atoms with Crippen LogP contribution in [0.4, 0.5) is 0 Å². The predicted molar refractivity (Wildman–Crippen MR) is 100 cm³/mol. The lowest BCUT2D eigenvalue weighted by atomic mass is 10.1. The Morgan fingerprint density at radius 2 is 1.93 bits per heavy atom. The van der Waals surface area contributed by atoms with Crippen molar-refractivity contribution >= 4 is 35.1 Å². The second kappa shape index (κ2) is 8.97. The van der Waals surface area contributed by atoms with Gasteiger partial charge in [0.05, 0.1) is 13.0 Å². The third-order valence-electron chi connectivity index (χ3n) is 3.81. The Morgan fingerprint density at radius 3 is 2.70 bits per heavy atom. The van der Waals surface area contributed by atoms with Gasteiger partial charge in [-0.2, -0.15) is 0 Å². The second-order valence-electron chi connectivity index (χ2n) is 5.87. The molecule has 0 aromatic heterocycles. The van der Waals surface area contributed by atoms with Crippen LogP contribution in [0.5, 0.6) is 11.5 Å². The zero-order valence-corrected chi connectivity index (χ0v) is 15.8. The van der Waals surface area contributed by atoms with Gasteiger partial charge in [-0.3, -0.25) is 9.59 Å². The summed E-state index contributed by atoms with van der Waals surface area (Å²) in [7, 11) is 0. The average Bonchev–Trinajstić information content (AvgIpc) is 2.67. The number of halogens is 2. The maximum absolute atomic E-state index is 11.9. The molecule has 0 bridgehead atoms. The zero-order valence-electron chi connectivity index (χ0n) is 14.2. The van der Waals surface area contributed by atoms with Crippen molar-refractivity contribution in [3.05, 3.63) is 58.1 Å². The average molecular weight is 410 g/mol. The minimum absolute atomic E-state index is 0.0420.